The Labute approximate surface area is 129 Å². The van der Waals surface area contributed by atoms with Gasteiger partial charge in [0.2, 0.25) is 0 Å². The van der Waals surface area contributed by atoms with Crippen molar-refractivity contribution in [3.63, 3.8) is 0 Å². The molecule has 124 valence electrons. The summed E-state index contributed by atoms with van der Waals surface area (Å²) >= 11 is 0. The molecule has 0 radical (unpaired) electrons. The van der Waals surface area contributed by atoms with E-state index in [-0.39, 0.29) is 0 Å². The van der Waals surface area contributed by atoms with Gasteiger partial charge in [0.1, 0.15) is 11.7 Å². The first-order chi connectivity index (χ1) is 9.75. The topological polar surface area (TPSA) is 55.8 Å². The van der Waals surface area contributed by atoms with Gasteiger partial charge in [-0.1, -0.05) is 51.0 Å². The van der Waals surface area contributed by atoms with Crippen LogP contribution in [0.1, 0.15) is 53.4 Å². The molecule has 0 saturated heterocycles. The number of hydrogen-bond acceptors (Lipinski definition) is 3. The molecule has 0 bridgehead atoms. The second-order valence-electron chi connectivity index (χ2n) is 5.70. The van der Waals surface area contributed by atoms with Crippen molar-refractivity contribution in [2.45, 2.75) is 65.1 Å². The predicted octanol–water partition coefficient (Wildman–Crippen LogP) is 4.69. The van der Waals surface area contributed by atoms with E-state index in [1.54, 1.807) is 0 Å². The second kappa shape index (κ2) is 10.3. The second-order valence-corrected chi connectivity index (χ2v) is 8.19. The highest BCUT2D eigenvalue weighted by Crippen LogP contribution is 2.55. The molecule has 4 nitrogen and oxygen atoms in total. The average molecular weight is 318 g/mol. The number of hydrogen-bond donors (Lipinski definition) is 1. The molecule has 0 aromatic rings. The highest BCUT2D eigenvalue weighted by molar-refractivity contribution is 7.59. The Kier molecular flexibility index (Phi) is 10.1. The van der Waals surface area contributed by atoms with Crippen LogP contribution in [0.2, 0.25) is 0 Å². The van der Waals surface area contributed by atoms with Crippen LogP contribution in [0.5, 0.6) is 0 Å². The van der Waals surface area contributed by atoms with E-state index in [4.69, 9.17) is 9.47 Å². The number of rotatable bonds is 12. The quantitative estimate of drug-likeness (QED) is 0.419. The summed E-state index contributed by atoms with van der Waals surface area (Å²) in [4.78, 5) is 10.6. The van der Waals surface area contributed by atoms with Crippen LogP contribution >= 0.6 is 7.37 Å². The highest BCUT2D eigenvalue weighted by atomic mass is 31.2. The molecule has 0 amide bonds. The van der Waals surface area contributed by atoms with Gasteiger partial charge < -0.3 is 14.4 Å². The molecule has 0 heterocycles. The summed E-state index contributed by atoms with van der Waals surface area (Å²) in [7, 11) is -3.58. The average Bonchev–Trinajstić information content (AvgIpc) is 2.38. The van der Waals surface area contributed by atoms with Crippen LogP contribution in [-0.4, -0.2) is 29.8 Å². The molecule has 5 heteroatoms. The molecule has 2 unspecified atom stereocenters. The van der Waals surface area contributed by atoms with Crippen molar-refractivity contribution in [2.24, 2.45) is 0 Å². The Bertz CT molecular complexity index is 346. The van der Waals surface area contributed by atoms with Gasteiger partial charge in [0.05, 0.1) is 13.2 Å². The maximum absolute atomic E-state index is 12.9. The molecule has 0 rings (SSSR count). The molecule has 0 aliphatic rings. The Morgan fingerprint density at radius 2 is 1.33 bits per heavy atom. The molecule has 1 N–H and O–H groups in total. The van der Waals surface area contributed by atoms with E-state index in [0.29, 0.717) is 26.1 Å². The van der Waals surface area contributed by atoms with E-state index < -0.39 is 19.1 Å². The van der Waals surface area contributed by atoms with Crippen LogP contribution in [-0.2, 0) is 14.0 Å². The molecule has 0 aliphatic carbocycles. The van der Waals surface area contributed by atoms with Gasteiger partial charge in [-0.2, -0.15) is 0 Å². The lowest BCUT2D eigenvalue weighted by Gasteiger charge is -2.30. The van der Waals surface area contributed by atoms with Gasteiger partial charge >= 0.3 is 0 Å². The van der Waals surface area contributed by atoms with E-state index >= 15 is 0 Å². The monoisotopic (exact) mass is 318 g/mol. The molecule has 21 heavy (non-hydrogen) atoms. The summed E-state index contributed by atoms with van der Waals surface area (Å²) in [5.41, 5.74) is 1.68. The van der Waals surface area contributed by atoms with Gasteiger partial charge in [-0.05, 0) is 26.7 Å². The van der Waals surface area contributed by atoms with Crippen LogP contribution in [0.4, 0.5) is 0 Å². The van der Waals surface area contributed by atoms with Crippen molar-refractivity contribution in [3.8, 4) is 0 Å². The molecular weight excluding hydrogens is 287 g/mol. The smallest absolute Gasteiger partial charge is 0.256 e. The van der Waals surface area contributed by atoms with Crippen LogP contribution < -0.4 is 0 Å². The maximum Gasteiger partial charge on any atom is 0.256 e. The third-order valence-electron chi connectivity index (χ3n) is 2.94. The molecule has 0 spiro atoms. The van der Waals surface area contributed by atoms with Gasteiger partial charge in [-0.15, -0.1) is 0 Å². The van der Waals surface area contributed by atoms with Crippen molar-refractivity contribution in [3.05, 3.63) is 24.3 Å². The fourth-order valence-electron chi connectivity index (χ4n) is 1.91. The van der Waals surface area contributed by atoms with Crippen LogP contribution in [0.25, 0.3) is 0 Å². The third-order valence-corrected chi connectivity index (χ3v) is 5.41. The summed E-state index contributed by atoms with van der Waals surface area (Å²) in [6, 6.07) is 0. The van der Waals surface area contributed by atoms with Crippen LogP contribution in [0, 0.1) is 0 Å². The molecule has 0 fully saturated rings. The predicted molar refractivity (Wildman–Crippen MR) is 88.7 cm³/mol. The van der Waals surface area contributed by atoms with Gasteiger partial charge in [0.25, 0.3) is 7.37 Å². The Morgan fingerprint density at radius 1 is 1.00 bits per heavy atom. The summed E-state index contributed by atoms with van der Waals surface area (Å²) in [6.45, 7) is 15.8. The Morgan fingerprint density at radius 3 is 1.57 bits per heavy atom. The van der Waals surface area contributed by atoms with Crippen molar-refractivity contribution in [2.75, 3.05) is 13.2 Å². The summed E-state index contributed by atoms with van der Waals surface area (Å²) in [6.07, 6.45) is 2.64. The first-order valence-corrected chi connectivity index (χ1v) is 9.39. The molecule has 0 aliphatic heterocycles. The first-order valence-electron chi connectivity index (χ1n) is 7.59. The van der Waals surface area contributed by atoms with Crippen molar-refractivity contribution in [1.82, 2.24) is 0 Å². The van der Waals surface area contributed by atoms with Crippen LogP contribution in [0.3, 0.4) is 0 Å². The molecule has 0 saturated carbocycles. The van der Waals surface area contributed by atoms with Crippen molar-refractivity contribution < 1.29 is 18.9 Å². The standard InChI is InChI=1S/C16H31O4P/c1-7-9-15(19-11-13(3)4)21(17,18)16(10-8-2)20-12-14(5)6/h15-16H,3,5,7-12H2,1-2,4,6H3,(H,17,18). The van der Waals surface area contributed by atoms with E-state index in [1.165, 1.54) is 0 Å². The SMILES string of the molecule is C=C(C)COC(CCC)P(=O)(O)C(CCC)OCC(=C)C. The van der Waals surface area contributed by atoms with Gasteiger partial charge in [-0.3, -0.25) is 4.57 Å². The van der Waals surface area contributed by atoms with E-state index in [0.717, 1.165) is 24.0 Å². The molecular formula is C16H31O4P. The minimum absolute atomic E-state index is 0.300. The zero-order chi connectivity index (χ0) is 16.5. The van der Waals surface area contributed by atoms with Gasteiger partial charge in [0, 0.05) is 0 Å². The molecule has 0 aromatic heterocycles. The molecule has 2 atom stereocenters. The largest absolute Gasteiger partial charge is 0.364 e. The van der Waals surface area contributed by atoms with Crippen molar-refractivity contribution in [1.29, 1.82) is 0 Å². The van der Waals surface area contributed by atoms with Crippen molar-refractivity contribution >= 4 is 7.37 Å². The fourth-order valence-corrected chi connectivity index (χ4v) is 4.11. The minimum atomic E-state index is -3.58. The normalized spacial score (nSPS) is 17.0. The third kappa shape index (κ3) is 7.96. The van der Waals surface area contributed by atoms with E-state index in [9.17, 15) is 9.46 Å². The summed E-state index contributed by atoms with van der Waals surface area (Å²) < 4.78 is 24.1. The van der Waals surface area contributed by atoms with Gasteiger partial charge in [-0.25, -0.2) is 0 Å². The first kappa shape index (κ1) is 20.6. The minimum Gasteiger partial charge on any atom is -0.364 e. The van der Waals surface area contributed by atoms with E-state index in [1.807, 2.05) is 27.7 Å². The Balaban J connectivity index is 5.01. The van der Waals surface area contributed by atoms with E-state index in [2.05, 4.69) is 13.2 Å². The lowest BCUT2D eigenvalue weighted by atomic mass is 10.3. The highest BCUT2D eigenvalue weighted by Gasteiger charge is 2.39. The maximum atomic E-state index is 12.9. The zero-order valence-electron chi connectivity index (χ0n) is 13.9. The lowest BCUT2D eigenvalue weighted by molar-refractivity contribution is 0.0740. The summed E-state index contributed by atoms with van der Waals surface area (Å²) in [5, 5.41) is 0. The lowest BCUT2D eigenvalue weighted by Crippen LogP contribution is -2.25. The van der Waals surface area contributed by atoms with Crippen LogP contribution in [0.15, 0.2) is 24.3 Å². The number of ether oxygens (including phenoxy) is 2. The van der Waals surface area contributed by atoms with Gasteiger partial charge in [0.15, 0.2) is 0 Å². The zero-order valence-corrected chi connectivity index (χ0v) is 14.8. The summed E-state index contributed by atoms with van der Waals surface area (Å²) in [5.74, 6) is -1.39. The Hall–Kier alpha value is -0.410. The molecule has 0 aromatic carbocycles. The fraction of sp³-hybridized carbons (Fsp3) is 0.750.